The first-order chi connectivity index (χ1) is 15.5. The van der Waals surface area contributed by atoms with E-state index in [2.05, 4.69) is 20.9 Å². The van der Waals surface area contributed by atoms with Crippen molar-refractivity contribution in [3.63, 3.8) is 0 Å². The second-order valence-corrected chi connectivity index (χ2v) is 7.34. The van der Waals surface area contributed by atoms with Crippen molar-refractivity contribution in [3.05, 3.63) is 71.3 Å². The number of benzene rings is 2. The van der Waals surface area contributed by atoms with E-state index < -0.39 is 29.3 Å². The fraction of sp³-hybridized carbons (Fsp3) is 0.238. The van der Waals surface area contributed by atoms with Crippen LogP contribution in [0, 0.1) is 5.82 Å². The summed E-state index contributed by atoms with van der Waals surface area (Å²) in [6, 6.07) is 10.7. The minimum absolute atomic E-state index is 0.101. The summed E-state index contributed by atoms with van der Waals surface area (Å²) in [5.41, 5.74) is -1.37. The van der Waals surface area contributed by atoms with E-state index in [1.807, 2.05) is 0 Å². The van der Waals surface area contributed by atoms with Crippen LogP contribution in [0.1, 0.15) is 21.7 Å². The number of hydrogen-bond acceptors (Lipinski definition) is 5. The lowest BCUT2D eigenvalue weighted by Crippen LogP contribution is -2.28. The maximum Gasteiger partial charge on any atom is 0.435 e. The van der Waals surface area contributed by atoms with Gasteiger partial charge in [0, 0.05) is 12.2 Å². The minimum Gasteiger partial charge on any atom is -0.346 e. The zero-order valence-electron chi connectivity index (χ0n) is 17.7. The number of aromatic nitrogens is 3. The quantitative estimate of drug-likeness (QED) is 0.525. The molecule has 0 spiro atoms. The van der Waals surface area contributed by atoms with Gasteiger partial charge in [-0.1, -0.05) is 17.3 Å². The molecule has 3 rings (SSSR count). The Hall–Kier alpha value is -3.80. The summed E-state index contributed by atoms with van der Waals surface area (Å²) in [7, 11) is 3.49. The maximum absolute atomic E-state index is 13.7. The van der Waals surface area contributed by atoms with Gasteiger partial charge in [0.1, 0.15) is 5.82 Å². The third-order valence-electron chi connectivity index (χ3n) is 4.35. The van der Waals surface area contributed by atoms with E-state index in [9.17, 15) is 27.2 Å². The number of likely N-dealkylation sites (N-methyl/N-ethyl adjacent to an activating group) is 1. The average molecular weight is 464 g/mol. The molecule has 2 aromatic carbocycles. The number of nitrogens with zero attached hydrogens (tertiary/aromatic N) is 4. The number of carbonyl (C=O) groups is 2. The molecule has 1 aromatic heterocycles. The molecule has 0 fully saturated rings. The highest BCUT2D eigenvalue weighted by molar-refractivity contribution is 5.94. The molecule has 0 bridgehead atoms. The summed E-state index contributed by atoms with van der Waals surface area (Å²) in [6.45, 7) is 0.0574. The lowest BCUT2D eigenvalue weighted by Gasteiger charge is -2.12. The molecule has 0 aliphatic rings. The van der Waals surface area contributed by atoms with E-state index in [0.717, 1.165) is 24.3 Å². The number of nitrogens with one attached hydrogen (secondary N) is 2. The summed E-state index contributed by atoms with van der Waals surface area (Å²) in [5, 5.41) is 11.9. The van der Waals surface area contributed by atoms with E-state index in [0.29, 0.717) is 15.9 Å². The number of halogens is 4. The monoisotopic (exact) mass is 464 g/mol. The van der Waals surface area contributed by atoms with Crippen LogP contribution in [0.5, 0.6) is 0 Å². The van der Waals surface area contributed by atoms with Crippen LogP contribution in [-0.2, 0) is 17.5 Å². The molecule has 12 heteroatoms. The van der Waals surface area contributed by atoms with Crippen molar-refractivity contribution in [2.75, 3.05) is 26.0 Å². The first-order valence-electron chi connectivity index (χ1n) is 9.65. The van der Waals surface area contributed by atoms with Crippen LogP contribution < -0.4 is 10.6 Å². The summed E-state index contributed by atoms with van der Waals surface area (Å²) in [5.74, 6) is -1.96. The Kier molecular flexibility index (Phi) is 7.07. The van der Waals surface area contributed by atoms with Crippen LogP contribution in [0.2, 0.25) is 0 Å². The van der Waals surface area contributed by atoms with Gasteiger partial charge in [0.05, 0.1) is 12.2 Å². The van der Waals surface area contributed by atoms with Gasteiger partial charge < -0.3 is 15.5 Å². The maximum atomic E-state index is 13.7. The van der Waals surface area contributed by atoms with Crippen LogP contribution >= 0.6 is 0 Å². The van der Waals surface area contributed by atoms with Crippen LogP contribution in [0.25, 0.3) is 5.69 Å². The summed E-state index contributed by atoms with van der Waals surface area (Å²) in [6.07, 6.45) is -4.94. The largest absolute Gasteiger partial charge is 0.435 e. The van der Waals surface area contributed by atoms with Gasteiger partial charge in [-0.05, 0) is 56.1 Å². The normalized spacial score (nSPS) is 11.5. The smallest absolute Gasteiger partial charge is 0.346 e. The first-order valence-corrected chi connectivity index (χ1v) is 9.65. The molecule has 2 amide bonds. The van der Waals surface area contributed by atoms with Gasteiger partial charge in [-0.15, -0.1) is 5.10 Å². The lowest BCUT2D eigenvalue weighted by molar-refractivity contribution is -0.143. The van der Waals surface area contributed by atoms with Crippen molar-refractivity contribution in [3.8, 4) is 5.69 Å². The van der Waals surface area contributed by atoms with Gasteiger partial charge in [0.2, 0.25) is 5.91 Å². The molecule has 0 radical (unpaired) electrons. The number of carbonyl (C=O) groups excluding carboxylic acids is 2. The molecular weight excluding hydrogens is 444 g/mol. The van der Waals surface area contributed by atoms with Crippen molar-refractivity contribution in [1.82, 2.24) is 25.2 Å². The van der Waals surface area contributed by atoms with Crippen LogP contribution in [0.3, 0.4) is 0 Å². The second kappa shape index (κ2) is 9.77. The standard InChI is InChI=1S/C21H20F4N6O2/c1-30(2)12-17(32)27-15-5-3-4-13(10-15)11-26-20(33)18-19(21(23,24)25)31(29-28-18)16-8-6-14(22)7-9-16/h3-10H,11-12H2,1-2H3,(H,26,33)(H,27,32). The predicted octanol–water partition coefficient (Wildman–Crippen LogP) is 2.86. The third-order valence-corrected chi connectivity index (χ3v) is 4.35. The molecule has 0 aliphatic carbocycles. The SMILES string of the molecule is CN(C)CC(=O)Nc1cccc(CNC(=O)c2nnn(-c3ccc(F)cc3)c2C(F)(F)F)c1. The number of rotatable bonds is 7. The number of alkyl halides is 3. The molecule has 0 saturated carbocycles. The Morgan fingerprint density at radius 3 is 2.42 bits per heavy atom. The Balaban J connectivity index is 1.77. The Morgan fingerprint density at radius 2 is 1.79 bits per heavy atom. The summed E-state index contributed by atoms with van der Waals surface area (Å²) < 4.78 is 54.7. The van der Waals surface area contributed by atoms with Gasteiger partial charge in [-0.2, -0.15) is 13.2 Å². The predicted molar refractivity (Wildman–Crippen MR) is 111 cm³/mol. The van der Waals surface area contributed by atoms with Gasteiger partial charge in [0.15, 0.2) is 11.4 Å². The van der Waals surface area contributed by atoms with E-state index in [1.165, 1.54) is 0 Å². The number of anilines is 1. The van der Waals surface area contributed by atoms with Gasteiger partial charge in [-0.25, -0.2) is 9.07 Å². The highest BCUT2D eigenvalue weighted by Crippen LogP contribution is 2.32. The molecule has 0 aliphatic heterocycles. The van der Waals surface area contributed by atoms with Crippen molar-refractivity contribution >= 4 is 17.5 Å². The van der Waals surface area contributed by atoms with Crippen molar-refractivity contribution in [1.29, 1.82) is 0 Å². The van der Waals surface area contributed by atoms with Gasteiger partial charge in [0.25, 0.3) is 5.91 Å². The van der Waals surface area contributed by atoms with Crippen LogP contribution in [0.4, 0.5) is 23.2 Å². The molecule has 0 atom stereocenters. The molecule has 3 aromatic rings. The highest BCUT2D eigenvalue weighted by Gasteiger charge is 2.42. The molecular formula is C21H20F4N6O2. The summed E-state index contributed by atoms with van der Waals surface area (Å²) >= 11 is 0. The Morgan fingerprint density at radius 1 is 1.09 bits per heavy atom. The lowest BCUT2D eigenvalue weighted by atomic mass is 10.2. The zero-order chi connectivity index (χ0) is 24.2. The fourth-order valence-electron chi connectivity index (χ4n) is 2.96. The Labute approximate surface area is 186 Å². The molecule has 1 heterocycles. The topological polar surface area (TPSA) is 92.2 Å². The van der Waals surface area contributed by atoms with Crippen molar-refractivity contribution in [2.24, 2.45) is 0 Å². The second-order valence-electron chi connectivity index (χ2n) is 7.34. The minimum atomic E-state index is -4.94. The first kappa shape index (κ1) is 23.9. The van der Waals surface area contributed by atoms with Crippen LogP contribution in [-0.4, -0.2) is 52.3 Å². The molecule has 8 nitrogen and oxygen atoms in total. The zero-order valence-corrected chi connectivity index (χ0v) is 17.7. The van der Waals surface area contributed by atoms with E-state index in [4.69, 9.17) is 0 Å². The average Bonchev–Trinajstić information content (AvgIpc) is 3.18. The highest BCUT2D eigenvalue weighted by atomic mass is 19.4. The molecule has 174 valence electrons. The van der Waals surface area contributed by atoms with Crippen molar-refractivity contribution < 1.29 is 27.2 Å². The van der Waals surface area contributed by atoms with Gasteiger partial charge >= 0.3 is 6.18 Å². The summed E-state index contributed by atoms with van der Waals surface area (Å²) in [4.78, 5) is 26.1. The molecule has 0 saturated heterocycles. The molecule has 2 N–H and O–H groups in total. The van der Waals surface area contributed by atoms with E-state index in [-0.39, 0.29) is 24.7 Å². The number of hydrogen-bond donors (Lipinski definition) is 2. The Bertz CT molecular complexity index is 1140. The van der Waals surface area contributed by atoms with Gasteiger partial charge in [-0.3, -0.25) is 9.59 Å². The van der Waals surface area contributed by atoms with Crippen LogP contribution in [0.15, 0.2) is 48.5 Å². The molecule has 33 heavy (non-hydrogen) atoms. The molecule has 0 unspecified atom stereocenters. The third kappa shape index (κ3) is 6.13. The van der Waals surface area contributed by atoms with E-state index in [1.54, 1.807) is 43.3 Å². The fourth-order valence-corrected chi connectivity index (χ4v) is 2.96. The van der Waals surface area contributed by atoms with E-state index >= 15 is 0 Å². The van der Waals surface area contributed by atoms with Crippen molar-refractivity contribution in [2.45, 2.75) is 12.7 Å². The number of amides is 2.